The molecule has 2 N–H and O–H groups in total. The molecule has 1 saturated heterocycles. The standard InChI is InChI=1S/C10H12N4O3/c1-14-8(15)3-2-7(10(14)17)13-9(16)6-4-11-12-5-6/h4-5,7H,2-3H2,1H3,(H,11,12)(H,13,16). The Labute approximate surface area is 97.2 Å². The van der Waals surface area contributed by atoms with Gasteiger partial charge in [-0.25, -0.2) is 0 Å². The number of nitrogens with zero attached hydrogens (tertiary/aromatic N) is 2. The number of nitrogens with one attached hydrogen (secondary N) is 2. The van der Waals surface area contributed by atoms with E-state index in [0.29, 0.717) is 12.0 Å². The van der Waals surface area contributed by atoms with Crippen LogP contribution in [-0.2, 0) is 9.59 Å². The van der Waals surface area contributed by atoms with E-state index in [1.54, 1.807) is 0 Å². The molecule has 1 aliphatic rings. The molecule has 90 valence electrons. The third-order valence-electron chi connectivity index (χ3n) is 2.72. The average molecular weight is 236 g/mol. The van der Waals surface area contributed by atoms with E-state index in [4.69, 9.17) is 0 Å². The van der Waals surface area contributed by atoms with Crippen molar-refractivity contribution >= 4 is 17.7 Å². The van der Waals surface area contributed by atoms with Crippen molar-refractivity contribution in [3.05, 3.63) is 18.0 Å². The van der Waals surface area contributed by atoms with Crippen molar-refractivity contribution in [2.24, 2.45) is 0 Å². The third kappa shape index (κ3) is 2.17. The highest BCUT2D eigenvalue weighted by molar-refractivity contribution is 6.03. The molecule has 1 aliphatic heterocycles. The molecule has 3 amide bonds. The number of hydrogen-bond donors (Lipinski definition) is 2. The van der Waals surface area contributed by atoms with E-state index >= 15 is 0 Å². The number of likely N-dealkylation sites (N-methyl/N-ethyl adjacent to an activating group) is 1. The molecule has 0 bridgehead atoms. The zero-order valence-electron chi connectivity index (χ0n) is 9.27. The summed E-state index contributed by atoms with van der Waals surface area (Å²) in [5.74, 6) is -0.971. The minimum atomic E-state index is -0.639. The zero-order chi connectivity index (χ0) is 12.4. The Morgan fingerprint density at radius 1 is 1.59 bits per heavy atom. The fourth-order valence-electron chi connectivity index (χ4n) is 1.67. The second-order valence-corrected chi connectivity index (χ2v) is 3.84. The minimum Gasteiger partial charge on any atom is -0.340 e. The lowest BCUT2D eigenvalue weighted by atomic mass is 10.0. The van der Waals surface area contributed by atoms with Crippen molar-refractivity contribution < 1.29 is 14.4 Å². The van der Waals surface area contributed by atoms with Gasteiger partial charge in [0.05, 0.1) is 11.8 Å². The van der Waals surface area contributed by atoms with Gasteiger partial charge in [-0.15, -0.1) is 0 Å². The highest BCUT2D eigenvalue weighted by atomic mass is 16.2. The maximum atomic E-state index is 11.7. The predicted octanol–water partition coefficient (Wildman–Crippen LogP) is -0.713. The summed E-state index contributed by atoms with van der Waals surface area (Å²) in [6.45, 7) is 0. The van der Waals surface area contributed by atoms with E-state index in [9.17, 15) is 14.4 Å². The van der Waals surface area contributed by atoms with Crippen LogP contribution in [0, 0.1) is 0 Å². The number of amides is 3. The molecule has 0 aromatic carbocycles. The lowest BCUT2D eigenvalue weighted by Gasteiger charge is -2.27. The first kappa shape index (κ1) is 11.3. The van der Waals surface area contributed by atoms with Gasteiger partial charge in [-0.05, 0) is 6.42 Å². The molecular weight excluding hydrogens is 224 g/mol. The van der Waals surface area contributed by atoms with Gasteiger partial charge < -0.3 is 5.32 Å². The number of piperidine rings is 1. The quantitative estimate of drug-likeness (QED) is 0.663. The third-order valence-corrected chi connectivity index (χ3v) is 2.72. The van der Waals surface area contributed by atoms with Crippen molar-refractivity contribution in [1.29, 1.82) is 0 Å². The number of hydrogen-bond acceptors (Lipinski definition) is 4. The first-order valence-corrected chi connectivity index (χ1v) is 5.19. The summed E-state index contributed by atoms with van der Waals surface area (Å²) in [5.41, 5.74) is 0.359. The van der Waals surface area contributed by atoms with Crippen LogP contribution in [0.3, 0.4) is 0 Å². The van der Waals surface area contributed by atoms with Gasteiger partial charge in [-0.2, -0.15) is 5.10 Å². The number of aromatic nitrogens is 2. The van der Waals surface area contributed by atoms with E-state index in [0.717, 1.165) is 4.90 Å². The molecule has 0 aliphatic carbocycles. The van der Waals surface area contributed by atoms with Gasteiger partial charge in [0.1, 0.15) is 6.04 Å². The molecule has 0 spiro atoms. The highest BCUT2D eigenvalue weighted by Gasteiger charge is 2.32. The van der Waals surface area contributed by atoms with E-state index in [1.807, 2.05) is 0 Å². The van der Waals surface area contributed by atoms with Crippen molar-refractivity contribution in [3.63, 3.8) is 0 Å². The molecule has 0 radical (unpaired) electrons. The largest absolute Gasteiger partial charge is 0.340 e. The fraction of sp³-hybridized carbons (Fsp3) is 0.400. The molecule has 7 heteroatoms. The van der Waals surface area contributed by atoms with E-state index in [2.05, 4.69) is 15.5 Å². The van der Waals surface area contributed by atoms with Crippen molar-refractivity contribution in [2.75, 3.05) is 7.05 Å². The number of likely N-dealkylation sites (tertiary alicyclic amines) is 1. The summed E-state index contributed by atoms with van der Waals surface area (Å²) in [6.07, 6.45) is 3.42. The predicted molar refractivity (Wildman–Crippen MR) is 56.9 cm³/mol. The van der Waals surface area contributed by atoms with Gasteiger partial charge in [0.15, 0.2) is 0 Å². The Hall–Kier alpha value is -2.18. The van der Waals surface area contributed by atoms with Crippen molar-refractivity contribution in [3.8, 4) is 0 Å². The van der Waals surface area contributed by atoms with Gasteiger partial charge in [-0.1, -0.05) is 0 Å². The Balaban J connectivity index is 2.02. The van der Waals surface area contributed by atoms with Crippen molar-refractivity contribution in [2.45, 2.75) is 18.9 Å². The van der Waals surface area contributed by atoms with Crippen LogP contribution in [0.15, 0.2) is 12.4 Å². The highest BCUT2D eigenvalue weighted by Crippen LogP contribution is 2.11. The number of carbonyl (C=O) groups is 3. The van der Waals surface area contributed by atoms with Crippen LogP contribution in [0.25, 0.3) is 0 Å². The molecule has 0 saturated carbocycles. The van der Waals surface area contributed by atoms with Gasteiger partial charge in [-0.3, -0.25) is 24.4 Å². The molecule has 1 unspecified atom stereocenters. The van der Waals surface area contributed by atoms with Gasteiger partial charge >= 0.3 is 0 Å². The number of aromatic amines is 1. The molecule has 7 nitrogen and oxygen atoms in total. The fourth-order valence-corrected chi connectivity index (χ4v) is 1.67. The Kier molecular flexibility index (Phi) is 2.90. The summed E-state index contributed by atoms with van der Waals surface area (Å²) >= 11 is 0. The summed E-state index contributed by atoms with van der Waals surface area (Å²) in [5, 5.41) is 8.74. The Bertz CT molecular complexity index is 454. The van der Waals surface area contributed by atoms with E-state index in [-0.39, 0.29) is 24.1 Å². The zero-order valence-corrected chi connectivity index (χ0v) is 9.27. The number of imide groups is 1. The monoisotopic (exact) mass is 236 g/mol. The molecule has 17 heavy (non-hydrogen) atoms. The van der Waals surface area contributed by atoms with Crippen LogP contribution in [0.5, 0.6) is 0 Å². The average Bonchev–Trinajstić information content (AvgIpc) is 2.83. The molecule has 1 fully saturated rings. The van der Waals surface area contributed by atoms with Crippen molar-refractivity contribution in [1.82, 2.24) is 20.4 Å². The van der Waals surface area contributed by atoms with Crippen LogP contribution in [0.1, 0.15) is 23.2 Å². The van der Waals surface area contributed by atoms with Crippen LogP contribution < -0.4 is 5.32 Å². The topological polar surface area (TPSA) is 95.2 Å². The van der Waals surface area contributed by atoms with Gasteiger partial charge in [0.2, 0.25) is 5.91 Å². The minimum absolute atomic E-state index is 0.219. The van der Waals surface area contributed by atoms with Crippen LogP contribution in [0.2, 0.25) is 0 Å². The van der Waals surface area contributed by atoms with E-state index < -0.39 is 6.04 Å². The SMILES string of the molecule is CN1C(=O)CCC(NC(=O)c2cn[nH]c2)C1=O. The Morgan fingerprint density at radius 3 is 3.00 bits per heavy atom. The summed E-state index contributed by atoms with van der Waals surface area (Å²) in [6, 6.07) is -0.639. The number of carbonyl (C=O) groups excluding carboxylic acids is 3. The first-order chi connectivity index (χ1) is 8.09. The lowest BCUT2D eigenvalue weighted by molar-refractivity contribution is -0.147. The first-order valence-electron chi connectivity index (χ1n) is 5.19. The normalized spacial score (nSPS) is 20.5. The molecule has 1 aromatic heterocycles. The second-order valence-electron chi connectivity index (χ2n) is 3.84. The molecule has 1 atom stereocenters. The summed E-state index contributed by atoms with van der Waals surface area (Å²) in [7, 11) is 1.42. The molecule has 2 heterocycles. The summed E-state index contributed by atoms with van der Waals surface area (Å²) < 4.78 is 0. The molecular formula is C10H12N4O3. The smallest absolute Gasteiger partial charge is 0.255 e. The van der Waals surface area contributed by atoms with Gasteiger partial charge in [0, 0.05) is 19.7 Å². The maximum Gasteiger partial charge on any atom is 0.255 e. The van der Waals surface area contributed by atoms with Gasteiger partial charge in [0.25, 0.3) is 11.8 Å². The second kappa shape index (κ2) is 4.36. The molecule has 1 aromatic rings. The van der Waals surface area contributed by atoms with E-state index in [1.165, 1.54) is 19.4 Å². The number of rotatable bonds is 2. The summed E-state index contributed by atoms with van der Waals surface area (Å²) in [4.78, 5) is 35.7. The maximum absolute atomic E-state index is 11.7. The van der Waals surface area contributed by atoms with Crippen LogP contribution >= 0.6 is 0 Å². The lowest BCUT2D eigenvalue weighted by Crippen LogP contribution is -2.52. The number of H-pyrrole nitrogens is 1. The van der Waals surface area contributed by atoms with Crippen LogP contribution in [-0.4, -0.2) is 45.9 Å². The Morgan fingerprint density at radius 2 is 2.35 bits per heavy atom. The van der Waals surface area contributed by atoms with Crippen LogP contribution in [0.4, 0.5) is 0 Å². The molecule has 2 rings (SSSR count).